The molecule has 1 unspecified atom stereocenters. The van der Waals surface area contributed by atoms with E-state index in [2.05, 4.69) is 3.97 Å². The van der Waals surface area contributed by atoms with E-state index in [1.54, 1.807) is 0 Å². The van der Waals surface area contributed by atoms with Gasteiger partial charge in [-0.2, -0.15) is 0 Å². The van der Waals surface area contributed by atoms with E-state index >= 15 is 0 Å². The second-order valence-corrected chi connectivity index (χ2v) is 2.60. The molecule has 0 aliphatic heterocycles. The molecule has 0 aliphatic carbocycles. The summed E-state index contributed by atoms with van der Waals surface area (Å²) >= 11 is 0.983. The van der Waals surface area contributed by atoms with E-state index in [-0.39, 0.29) is 0 Å². The van der Waals surface area contributed by atoms with Crippen molar-refractivity contribution in [2.75, 3.05) is 5.75 Å². The molecule has 0 bridgehead atoms. The fourth-order valence-electron chi connectivity index (χ4n) is 0.0978. The second kappa shape index (κ2) is 4.53. The second-order valence-electron chi connectivity index (χ2n) is 0.719. The molecule has 0 heterocycles. The molecule has 1 N–H and O–H groups in total. The Morgan fingerprint density at radius 1 is 2.00 bits per heavy atom. The minimum absolute atomic E-state index is 0.696. The predicted octanol–water partition coefficient (Wildman–Crippen LogP) is 1.32. The van der Waals surface area contributed by atoms with Crippen LogP contribution in [-0.4, -0.2) is 10.6 Å². The Balaban J connectivity index is 2.82. The number of rotatable bonds is 3. The van der Waals surface area contributed by atoms with Crippen LogP contribution in [0.5, 0.6) is 0 Å². The maximum atomic E-state index is 9.66. The Morgan fingerprint density at radius 2 is 2.57 bits per heavy atom. The van der Waals surface area contributed by atoms with Gasteiger partial charge in [0.25, 0.3) is 0 Å². The van der Waals surface area contributed by atoms with Crippen molar-refractivity contribution in [3.8, 4) is 0 Å². The first-order valence-corrected chi connectivity index (χ1v) is 3.77. The molecule has 0 radical (unpaired) electrons. The van der Waals surface area contributed by atoms with Crippen molar-refractivity contribution in [1.29, 1.82) is 0 Å². The topological polar surface area (TPSA) is 46.5 Å². The smallest absolute Gasteiger partial charge is 0.133 e. The lowest BCUT2D eigenvalue weighted by Crippen LogP contribution is -1.64. The van der Waals surface area contributed by atoms with Gasteiger partial charge >= 0.3 is 8.25 Å². The molecule has 3 nitrogen and oxygen atoms in total. The van der Waals surface area contributed by atoms with Gasteiger partial charge in [0.1, 0.15) is 0 Å². The Bertz CT molecular complexity index is 66.0. The lowest BCUT2D eigenvalue weighted by atomic mass is 11.0. The minimum Gasteiger partial charge on any atom is -0.133 e. The highest BCUT2D eigenvalue weighted by Gasteiger charge is 2.10. The van der Waals surface area contributed by atoms with Gasteiger partial charge in [-0.1, -0.05) is 6.92 Å². The van der Waals surface area contributed by atoms with E-state index in [1.807, 2.05) is 6.92 Å². The van der Waals surface area contributed by atoms with Crippen molar-refractivity contribution in [2.24, 2.45) is 0 Å². The van der Waals surface area contributed by atoms with Crippen molar-refractivity contribution in [3.63, 3.8) is 0 Å². The zero-order valence-corrected chi connectivity index (χ0v) is 5.54. The zero-order valence-electron chi connectivity index (χ0n) is 3.83. The molecule has 0 saturated heterocycles. The molecule has 0 saturated carbocycles. The lowest BCUT2D eigenvalue weighted by molar-refractivity contribution is 0.433. The normalized spacial score (nSPS) is 11.4. The van der Waals surface area contributed by atoms with Crippen molar-refractivity contribution in [1.82, 2.24) is 0 Å². The molecule has 0 amide bonds. The molecule has 0 rings (SSSR count). The summed E-state index contributed by atoms with van der Waals surface area (Å²) in [6.07, 6.45) is 0. The molecule has 5 heteroatoms. The third-order valence-electron chi connectivity index (χ3n) is 0.234. The summed E-state index contributed by atoms with van der Waals surface area (Å²) in [5.74, 6) is 0.696. The Morgan fingerprint density at radius 3 is 2.71 bits per heavy atom. The van der Waals surface area contributed by atoms with E-state index in [9.17, 15) is 4.57 Å². The van der Waals surface area contributed by atoms with Crippen molar-refractivity contribution in [2.45, 2.75) is 6.92 Å². The summed E-state index contributed by atoms with van der Waals surface area (Å²) in [4.78, 5) is 7.95. The van der Waals surface area contributed by atoms with E-state index in [1.165, 1.54) is 0 Å². The van der Waals surface area contributed by atoms with E-state index in [0.29, 0.717) is 5.75 Å². The van der Waals surface area contributed by atoms with Gasteiger partial charge in [0.2, 0.25) is 0 Å². The van der Waals surface area contributed by atoms with Crippen LogP contribution >= 0.6 is 20.3 Å². The van der Waals surface area contributed by atoms with Crippen LogP contribution in [0.4, 0.5) is 0 Å². The summed E-state index contributed by atoms with van der Waals surface area (Å²) in [5.41, 5.74) is 0. The van der Waals surface area contributed by atoms with Crippen LogP contribution < -0.4 is 0 Å². The van der Waals surface area contributed by atoms with Crippen molar-refractivity contribution in [3.05, 3.63) is 0 Å². The van der Waals surface area contributed by atoms with E-state index < -0.39 is 8.25 Å². The largest absolute Gasteiger partial charge is 0.707 e. The molecule has 42 valence electrons. The van der Waals surface area contributed by atoms with Crippen molar-refractivity contribution < 1.29 is 13.4 Å². The van der Waals surface area contributed by atoms with Crippen LogP contribution in [0.1, 0.15) is 6.92 Å². The lowest BCUT2D eigenvalue weighted by Gasteiger charge is -1.74. The maximum absolute atomic E-state index is 9.66. The van der Waals surface area contributed by atoms with Gasteiger partial charge in [-0.25, -0.2) is 0 Å². The summed E-state index contributed by atoms with van der Waals surface area (Å²) in [5, 5.41) is 0. The van der Waals surface area contributed by atoms with Crippen LogP contribution in [0.2, 0.25) is 0 Å². The highest BCUT2D eigenvalue weighted by atomic mass is 32.2. The summed E-state index contributed by atoms with van der Waals surface area (Å²) < 4.78 is 13.8. The maximum Gasteiger partial charge on any atom is 0.707 e. The SMILES string of the molecule is CCSO[P+](=O)O. The van der Waals surface area contributed by atoms with Crippen LogP contribution in [0.3, 0.4) is 0 Å². The molecule has 0 aromatic rings. The van der Waals surface area contributed by atoms with Crippen LogP contribution in [0.15, 0.2) is 0 Å². The zero-order chi connectivity index (χ0) is 5.70. The quantitative estimate of drug-likeness (QED) is 0.475. The Kier molecular flexibility index (Phi) is 4.77. The van der Waals surface area contributed by atoms with E-state index in [4.69, 9.17) is 4.89 Å². The monoisotopic (exact) mass is 141 g/mol. The molecule has 0 spiro atoms. The van der Waals surface area contributed by atoms with Gasteiger partial charge in [-0.15, -0.1) is 4.89 Å². The Labute approximate surface area is 47.2 Å². The number of hydrogen-bond acceptors (Lipinski definition) is 3. The summed E-state index contributed by atoms with van der Waals surface area (Å²) in [6.45, 7) is 1.84. The molecular weight excluding hydrogens is 135 g/mol. The van der Waals surface area contributed by atoms with Crippen molar-refractivity contribution >= 4 is 20.3 Å². The third kappa shape index (κ3) is 6.37. The van der Waals surface area contributed by atoms with Gasteiger partial charge in [-0.3, -0.25) is 0 Å². The van der Waals surface area contributed by atoms with Crippen LogP contribution in [0, 0.1) is 0 Å². The first-order chi connectivity index (χ1) is 3.27. The van der Waals surface area contributed by atoms with Gasteiger partial charge in [0, 0.05) is 10.3 Å². The van der Waals surface area contributed by atoms with Gasteiger partial charge in [-0.05, 0) is 3.97 Å². The molecule has 0 aliphatic rings. The fraction of sp³-hybridized carbons (Fsp3) is 1.00. The summed E-state index contributed by atoms with van der Waals surface area (Å²) in [7, 11) is -2.39. The highest BCUT2D eigenvalue weighted by Crippen LogP contribution is 2.22. The number of hydrogen-bond donors (Lipinski definition) is 1. The predicted molar refractivity (Wildman–Crippen MR) is 29.0 cm³/mol. The Hall–Kier alpha value is 0.370. The van der Waals surface area contributed by atoms with Crippen LogP contribution in [0.25, 0.3) is 0 Å². The van der Waals surface area contributed by atoms with Crippen LogP contribution in [-0.2, 0) is 8.54 Å². The molecule has 0 aromatic heterocycles. The molecule has 7 heavy (non-hydrogen) atoms. The van der Waals surface area contributed by atoms with Gasteiger partial charge in [0.15, 0.2) is 0 Å². The molecule has 1 atom stereocenters. The standard InChI is InChI=1S/C2H5O3PS/c1-2-7-5-6(3)4/h2H2,1H3/p+1. The molecular formula is C2H6O3PS+. The summed E-state index contributed by atoms with van der Waals surface area (Å²) in [6, 6.07) is 0. The average Bonchev–Trinajstić information content (AvgIpc) is 1.61. The fourth-order valence-corrected chi connectivity index (χ4v) is 0.880. The first-order valence-electron chi connectivity index (χ1n) is 1.73. The molecule has 0 aromatic carbocycles. The first kappa shape index (κ1) is 7.37. The molecule has 0 fully saturated rings. The van der Waals surface area contributed by atoms with Gasteiger partial charge < -0.3 is 0 Å². The van der Waals surface area contributed by atoms with Gasteiger partial charge in [0.05, 0.1) is 12.0 Å². The van der Waals surface area contributed by atoms with E-state index in [0.717, 1.165) is 12.0 Å². The average molecular weight is 141 g/mol. The minimum atomic E-state index is -2.39. The highest BCUT2D eigenvalue weighted by molar-refractivity contribution is 7.97. The third-order valence-corrected chi connectivity index (χ3v) is 1.40.